The molecule has 1 heterocycles. The smallest absolute Gasteiger partial charge is 0.347 e. The van der Waals surface area contributed by atoms with Crippen molar-refractivity contribution in [1.82, 2.24) is 0 Å². The van der Waals surface area contributed by atoms with Gasteiger partial charge in [-0.3, -0.25) is 4.79 Å². The molecule has 0 saturated carbocycles. The van der Waals surface area contributed by atoms with Crippen molar-refractivity contribution in [2.45, 2.75) is 19.3 Å². The third-order valence-corrected chi connectivity index (χ3v) is 7.02. The third-order valence-electron chi connectivity index (χ3n) is 4.11. The molecule has 0 saturated heterocycles. The van der Waals surface area contributed by atoms with Gasteiger partial charge in [0, 0.05) is 11.3 Å². The van der Waals surface area contributed by atoms with E-state index in [0.717, 1.165) is 14.3 Å². The SMILES string of the molecule is O=C(CCCCO[N+](=O)[O-])Oc1ccccc1C(=O)Oc1ccc(-c2cc(=S)ss2)cc1. The van der Waals surface area contributed by atoms with Crippen molar-refractivity contribution >= 4 is 44.8 Å². The normalized spacial score (nSPS) is 10.4. The number of benzene rings is 2. The van der Waals surface area contributed by atoms with Gasteiger partial charge in [-0.1, -0.05) is 45.0 Å². The van der Waals surface area contributed by atoms with E-state index in [2.05, 4.69) is 4.84 Å². The summed E-state index contributed by atoms with van der Waals surface area (Å²) in [7, 11) is 3.10. The minimum atomic E-state index is -0.882. The maximum atomic E-state index is 12.6. The minimum absolute atomic E-state index is 0.0293. The Morgan fingerprint density at radius 1 is 1.00 bits per heavy atom. The molecule has 0 radical (unpaired) electrons. The standard InChI is InChI=1S/C21H17NO7S3/c23-19(7-3-4-12-27-22(25)26)29-17-6-2-1-5-16(17)21(24)28-15-10-8-14(9-11-15)18-13-20(30)32-31-18/h1-2,5-6,8-11,13H,3-4,7,12H2. The van der Waals surface area contributed by atoms with Gasteiger partial charge in [-0.2, -0.15) is 0 Å². The first-order chi connectivity index (χ1) is 15.4. The largest absolute Gasteiger partial charge is 0.426 e. The van der Waals surface area contributed by atoms with E-state index in [4.69, 9.17) is 21.7 Å². The Bertz CT molecular complexity index is 1150. The molecule has 0 amide bonds. The molecule has 0 unspecified atom stereocenters. The van der Waals surface area contributed by atoms with Crippen molar-refractivity contribution in [3.05, 3.63) is 74.1 Å². The molecule has 3 rings (SSSR count). The second kappa shape index (κ2) is 11.5. The number of ether oxygens (including phenoxy) is 2. The highest BCUT2D eigenvalue weighted by Crippen LogP contribution is 2.31. The van der Waals surface area contributed by atoms with E-state index in [1.165, 1.54) is 22.5 Å². The summed E-state index contributed by atoms with van der Waals surface area (Å²) in [4.78, 5) is 40.0. The summed E-state index contributed by atoms with van der Waals surface area (Å²) in [6.07, 6.45) is 0.709. The summed E-state index contributed by atoms with van der Waals surface area (Å²) in [5.74, 6) is -0.788. The molecule has 1 aromatic heterocycles. The van der Waals surface area contributed by atoms with Crippen LogP contribution in [0.3, 0.4) is 0 Å². The molecule has 0 aliphatic rings. The van der Waals surface area contributed by atoms with Gasteiger partial charge in [0.25, 0.3) is 5.09 Å². The van der Waals surface area contributed by atoms with Gasteiger partial charge >= 0.3 is 11.9 Å². The molecule has 0 spiro atoms. The number of hydrogen-bond donors (Lipinski definition) is 0. The van der Waals surface area contributed by atoms with E-state index in [1.54, 1.807) is 34.6 Å². The van der Waals surface area contributed by atoms with Crippen LogP contribution in [0.4, 0.5) is 0 Å². The van der Waals surface area contributed by atoms with Gasteiger partial charge in [-0.05, 0) is 60.9 Å². The first-order valence-corrected chi connectivity index (χ1v) is 12.0. The number of para-hydroxylation sites is 1. The van der Waals surface area contributed by atoms with Crippen molar-refractivity contribution in [1.29, 1.82) is 0 Å². The number of hydrogen-bond acceptors (Lipinski definition) is 10. The lowest BCUT2D eigenvalue weighted by atomic mass is 10.2. The highest BCUT2D eigenvalue weighted by atomic mass is 32.9. The molecular weight excluding hydrogens is 474 g/mol. The van der Waals surface area contributed by atoms with E-state index in [-0.39, 0.29) is 24.3 Å². The van der Waals surface area contributed by atoms with Crippen molar-refractivity contribution < 1.29 is 29.0 Å². The van der Waals surface area contributed by atoms with Gasteiger partial charge in [0.05, 0.1) is 6.61 Å². The summed E-state index contributed by atoms with van der Waals surface area (Å²) in [5.41, 5.74) is 1.08. The molecule has 0 bridgehead atoms. The van der Waals surface area contributed by atoms with Gasteiger partial charge in [-0.15, -0.1) is 10.1 Å². The van der Waals surface area contributed by atoms with E-state index in [9.17, 15) is 19.7 Å². The first kappa shape index (κ1) is 23.5. The van der Waals surface area contributed by atoms with Crippen LogP contribution in [0.2, 0.25) is 0 Å². The maximum Gasteiger partial charge on any atom is 0.347 e. The van der Waals surface area contributed by atoms with Crippen LogP contribution in [-0.4, -0.2) is 23.6 Å². The molecular formula is C21H17NO7S3. The number of esters is 2. The Hall–Kier alpha value is -3.15. The molecule has 0 fully saturated rings. The zero-order chi connectivity index (χ0) is 22.9. The minimum Gasteiger partial charge on any atom is -0.426 e. The second-order valence-corrected chi connectivity index (χ2v) is 9.30. The van der Waals surface area contributed by atoms with Gasteiger partial charge in [0.1, 0.15) is 20.9 Å². The Morgan fingerprint density at radius 3 is 2.44 bits per heavy atom. The van der Waals surface area contributed by atoms with E-state index in [0.29, 0.717) is 18.6 Å². The highest BCUT2D eigenvalue weighted by Gasteiger charge is 2.17. The lowest BCUT2D eigenvalue weighted by molar-refractivity contribution is -0.757. The quantitative estimate of drug-likeness (QED) is 0.0675. The van der Waals surface area contributed by atoms with E-state index in [1.807, 2.05) is 18.2 Å². The molecule has 0 atom stereocenters. The van der Waals surface area contributed by atoms with Gasteiger partial charge in [-0.25, -0.2) is 4.79 Å². The van der Waals surface area contributed by atoms with Crippen LogP contribution in [-0.2, 0) is 9.63 Å². The average molecular weight is 492 g/mol. The molecule has 8 nitrogen and oxygen atoms in total. The summed E-state index contributed by atoms with van der Waals surface area (Å²) in [5, 5.41) is 9.22. The van der Waals surface area contributed by atoms with Crippen molar-refractivity contribution in [2.75, 3.05) is 6.61 Å². The fourth-order valence-corrected chi connectivity index (χ4v) is 5.03. The molecule has 2 aromatic carbocycles. The van der Waals surface area contributed by atoms with Crippen LogP contribution in [0.1, 0.15) is 29.6 Å². The second-order valence-electron chi connectivity index (χ2n) is 6.39. The fraction of sp³-hybridized carbons (Fsp3) is 0.190. The van der Waals surface area contributed by atoms with Crippen LogP contribution < -0.4 is 9.47 Å². The molecule has 3 aromatic rings. The monoisotopic (exact) mass is 491 g/mol. The summed E-state index contributed by atoms with van der Waals surface area (Å²) < 4.78 is 11.5. The van der Waals surface area contributed by atoms with E-state index >= 15 is 0 Å². The Morgan fingerprint density at radius 2 is 1.75 bits per heavy atom. The van der Waals surface area contributed by atoms with Crippen LogP contribution in [0.25, 0.3) is 10.4 Å². The summed E-state index contributed by atoms with van der Waals surface area (Å²) >= 11 is 5.15. The number of nitrogens with zero attached hydrogens (tertiary/aromatic N) is 1. The zero-order valence-corrected chi connectivity index (χ0v) is 19.0. The lowest BCUT2D eigenvalue weighted by Crippen LogP contribution is -2.14. The Labute approximate surface area is 195 Å². The van der Waals surface area contributed by atoms with Crippen LogP contribution in [0.5, 0.6) is 11.5 Å². The topological polar surface area (TPSA) is 105 Å². The van der Waals surface area contributed by atoms with Crippen molar-refractivity contribution in [3.8, 4) is 21.9 Å². The van der Waals surface area contributed by atoms with Crippen LogP contribution >= 0.6 is 32.9 Å². The molecule has 0 aliphatic carbocycles. The lowest BCUT2D eigenvalue weighted by Gasteiger charge is -2.10. The average Bonchev–Trinajstić information content (AvgIpc) is 3.20. The number of unbranched alkanes of at least 4 members (excludes halogenated alkanes) is 1. The van der Waals surface area contributed by atoms with Crippen molar-refractivity contribution in [3.63, 3.8) is 0 Å². The molecule has 0 aliphatic heterocycles. The van der Waals surface area contributed by atoms with Gasteiger partial charge in [0.15, 0.2) is 0 Å². The number of carbonyl (C=O) groups excluding carboxylic acids is 2. The first-order valence-electron chi connectivity index (χ1n) is 9.42. The predicted octanol–water partition coefficient (Wildman–Crippen LogP) is 5.71. The predicted molar refractivity (Wildman–Crippen MR) is 122 cm³/mol. The molecule has 0 N–H and O–H groups in total. The van der Waals surface area contributed by atoms with E-state index < -0.39 is 17.0 Å². The van der Waals surface area contributed by atoms with Crippen LogP contribution in [0, 0.1) is 13.9 Å². The molecule has 32 heavy (non-hydrogen) atoms. The maximum absolute atomic E-state index is 12.6. The third kappa shape index (κ3) is 6.94. The summed E-state index contributed by atoms with van der Waals surface area (Å²) in [6.45, 7) is -0.0938. The van der Waals surface area contributed by atoms with Crippen molar-refractivity contribution in [2.24, 2.45) is 0 Å². The Kier molecular flexibility index (Phi) is 8.42. The fourth-order valence-electron chi connectivity index (χ4n) is 2.63. The Balaban J connectivity index is 1.58. The van der Waals surface area contributed by atoms with Crippen LogP contribution in [0.15, 0.2) is 54.6 Å². The summed E-state index contributed by atoms with van der Waals surface area (Å²) in [6, 6.07) is 15.2. The highest BCUT2D eigenvalue weighted by molar-refractivity contribution is 7.80. The molecule has 166 valence electrons. The van der Waals surface area contributed by atoms with Gasteiger partial charge < -0.3 is 14.3 Å². The molecule has 11 heteroatoms. The van der Waals surface area contributed by atoms with Gasteiger partial charge in [0.2, 0.25) is 0 Å². The number of rotatable bonds is 10. The number of carbonyl (C=O) groups is 2. The zero-order valence-electron chi connectivity index (χ0n) is 16.6.